The number of aliphatic hydroxyl groups excluding tert-OH is 1. The van der Waals surface area contributed by atoms with Crippen molar-refractivity contribution in [2.45, 2.75) is 6.16 Å². The Labute approximate surface area is 105 Å². The van der Waals surface area contributed by atoms with Crippen molar-refractivity contribution in [3.05, 3.63) is 29.6 Å². The fourth-order valence-electron chi connectivity index (χ4n) is 1.14. The van der Waals surface area contributed by atoms with Crippen LogP contribution in [-0.4, -0.2) is 34.7 Å². The zero-order valence-electron chi connectivity index (χ0n) is 9.81. The number of rotatable bonds is 5. The first-order valence-electron chi connectivity index (χ1n) is 4.81. The monoisotopic (exact) mass is 293 g/mol. The summed E-state index contributed by atoms with van der Waals surface area (Å²) in [5.41, 5.74) is -0.239. The molecule has 0 aliphatic rings. The SMILES string of the molecule is CO/[P+]([O-])=C(\O)c1cccc(CP(=O)(O)OC)n1. The first kappa shape index (κ1) is 15.4. The quantitative estimate of drug-likeness (QED) is 0.764. The predicted octanol–water partition coefficient (Wildman–Crippen LogP) is 0.583. The van der Waals surface area contributed by atoms with Gasteiger partial charge in [0.05, 0.1) is 19.0 Å². The summed E-state index contributed by atoms with van der Waals surface area (Å²) < 4.78 is 20.3. The van der Waals surface area contributed by atoms with Crippen LogP contribution in [-0.2, 0) is 19.8 Å². The van der Waals surface area contributed by atoms with Gasteiger partial charge in [0.15, 0.2) is 0 Å². The Balaban J connectivity index is 3.04. The molecule has 2 N–H and O–H groups in total. The molecule has 1 rings (SSSR count). The molecule has 100 valence electrons. The van der Waals surface area contributed by atoms with Crippen LogP contribution < -0.4 is 4.89 Å². The van der Waals surface area contributed by atoms with Crippen LogP contribution in [0.3, 0.4) is 0 Å². The van der Waals surface area contributed by atoms with Crippen LogP contribution in [0.2, 0.25) is 0 Å². The van der Waals surface area contributed by atoms with Crippen LogP contribution in [0, 0.1) is 0 Å². The van der Waals surface area contributed by atoms with E-state index in [2.05, 4.69) is 14.0 Å². The highest BCUT2D eigenvalue weighted by Gasteiger charge is 2.20. The lowest BCUT2D eigenvalue weighted by molar-refractivity contribution is -0.170. The van der Waals surface area contributed by atoms with Gasteiger partial charge >= 0.3 is 13.1 Å². The fraction of sp³-hybridized carbons (Fsp3) is 0.333. The number of aromatic nitrogens is 1. The normalized spacial score (nSPS) is 16.1. The second kappa shape index (κ2) is 6.50. The molecule has 0 fully saturated rings. The molecule has 2 atom stereocenters. The number of aliphatic hydroxyl groups is 1. The van der Waals surface area contributed by atoms with Crippen LogP contribution in [0.4, 0.5) is 0 Å². The maximum atomic E-state index is 11.4. The van der Waals surface area contributed by atoms with Gasteiger partial charge in [-0.05, 0) is 12.1 Å². The number of nitrogens with zero attached hydrogens (tertiary/aromatic N) is 1. The van der Waals surface area contributed by atoms with E-state index >= 15 is 0 Å². The first-order valence-corrected chi connectivity index (χ1v) is 7.75. The molecule has 0 aromatic carbocycles. The van der Waals surface area contributed by atoms with Crippen molar-refractivity contribution in [2.24, 2.45) is 0 Å². The second-order valence-electron chi connectivity index (χ2n) is 3.26. The minimum atomic E-state index is -3.73. The van der Waals surface area contributed by atoms with Gasteiger partial charge in [-0.15, -0.1) is 0 Å². The Morgan fingerprint density at radius 1 is 1.56 bits per heavy atom. The zero-order chi connectivity index (χ0) is 13.8. The maximum Gasteiger partial charge on any atom is 0.333 e. The van der Waals surface area contributed by atoms with Crippen molar-refractivity contribution >= 4 is 21.1 Å². The van der Waals surface area contributed by atoms with Gasteiger partial charge in [-0.3, -0.25) is 4.57 Å². The second-order valence-corrected chi connectivity index (χ2v) is 6.51. The summed E-state index contributed by atoms with van der Waals surface area (Å²) in [7, 11) is -3.79. The molecule has 0 radical (unpaired) electrons. The molecule has 2 unspecified atom stereocenters. The van der Waals surface area contributed by atoms with E-state index in [1.165, 1.54) is 25.3 Å². The maximum absolute atomic E-state index is 11.4. The van der Waals surface area contributed by atoms with E-state index in [1.54, 1.807) is 0 Å². The predicted molar refractivity (Wildman–Crippen MR) is 64.7 cm³/mol. The van der Waals surface area contributed by atoms with Crippen molar-refractivity contribution in [3.63, 3.8) is 0 Å². The highest BCUT2D eigenvalue weighted by molar-refractivity contribution is 7.51. The lowest BCUT2D eigenvalue weighted by Crippen LogP contribution is -2.08. The lowest BCUT2D eigenvalue weighted by Gasteiger charge is -2.08. The zero-order valence-corrected chi connectivity index (χ0v) is 11.6. The highest BCUT2D eigenvalue weighted by Crippen LogP contribution is 2.44. The van der Waals surface area contributed by atoms with Crippen LogP contribution in [0.1, 0.15) is 11.4 Å². The van der Waals surface area contributed by atoms with Crippen molar-refractivity contribution in [1.29, 1.82) is 0 Å². The molecule has 1 aromatic heterocycles. The summed E-state index contributed by atoms with van der Waals surface area (Å²) in [4.78, 5) is 24.4. The third-order valence-corrected chi connectivity index (χ3v) is 4.22. The topological polar surface area (TPSA) is 112 Å². The third kappa shape index (κ3) is 4.23. The number of hydrogen-bond acceptors (Lipinski definition) is 5. The number of hydrogen-bond donors (Lipinski definition) is 2. The Morgan fingerprint density at radius 3 is 2.78 bits per heavy atom. The molecule has 0 aliphatic carbocycles. The van der Waals surface area contributed by atoms with Gasteiger partial charge in [0, 0.05) is 7.11 Å². The van der Waals surface area contributed by atoms with Gasteiger partial charge in [0.2, 0.25) is 0 Å². The van der Waals surface area contributed by atoms with Gasteiger partial charge in [0.1, 0.15) is 5.69 Å². The summed E-state index contributed by atoms with van der Waals surface area (Å²) in [6, 6.07) is 4.43. The molecule has 0 saturated carbocycles. The van der Waals surface area contributed by atoms with Crippen LogP contribution >= 0.6 is 15.6 Å². The third-order valence-electron chi connectivity index (χ3n) is 2.02. The van der Waals surface area contributed by atoms with E-state index < -0.39 is 21.1 Å². The molecule has 9 heteroatoms. The molecule has 18 heavy (non-hydrogen) atoms. The average Bonchev–Trinajstić information content (AvgIpc) is 2.36. The van der Waals surface area contributed by atoms with E-state index in [0.29, 0.717) is 0 Å². The van der Waals surface area contributed by atoms with Crippen LogP contribution in [0.25, 0.3) is 0 Å². The fourth-order valence-corrected chi connectivity index (χ4v) is 2.34. The van der Waals surface area contributed by atoms with Crippen molar-refractivity contribution in [3.8, 4) is 0 Å². The minimum absolute atomic E-state index is 0.0339. The molecule has 0 aliphatic heterocycles. The summed E-state index contributed by atoms with van der Waals surface area (Å²) in [5.74, 6) is 0. The Hall–Kier alpha value is -0.650. The Morgan fingerprint density at radius 2 is 2.22 bits per heavy atom. The van der Waals surface area contributed by atoms with E-state index in [-0.39, 0.29) is 17.5 Å². The number of pyridine rings is 1. The van der Waals surface area contributed by atoms with E-state index in [1.807, 2.05) is 0 Å². The smallest absolute Gasteiger partial charge is 0.333 e. The average molecular weight is 293 g/mol. The molecular weight excluding hydrogens is 280 g/mol. The molecule has 0 bridgehead atoms. The van der Waals surface area contributed by atoms with Crippen molar-refractivity contribution in [1.82, 2.24) is 4.98 Å². The Bertz CT molecular complexity index is 504. The largest absolute Gasteiger partial charge is 0.601 e. The van der Waals surface area contributed by atoms with E-state index in [0.717, 1.165) is 7.11 Å². The standard InChI is InChI=1S/C9H13NO6P2/c1-15-17(12)9(11)8-5-3-4-7(10-8)6-18(13,14)16-2/h3-5,11H,6H2,1-2H3,(H,13,14). The summed E-state index contributed by atoms with van der Waals surface area (Å²) >= 11 is 0. The molecule has 0 saturated heterocycles. The molecule has 1 heterocycles. The molecule has 0 spiro atoms. The lowest BCUT2D eigenvalue weighted by atomic mass is 10.3. The van der Waals surface area contributed by atoms with Gasteiger partial charge in [-0.1, -0.05) is 6.07 Å². The van der Waals surface area contributed by atoms with Gasteiger partial charge < -0.3 is 19.4 Å². The van der Waals surface area contributed by atoms with Crippen LogP contribution in [0.15, 0.2) is 18.2 Å². The minimum Gasteiger partial charge on any atom is -0.601 e. The molecule has 7 nitrogen and oxygen atoms in total. The summed E-state index contributed by atoms with van der Waals surface area (Å²) in [6.07, 6.45) is -0.297. The highest BCUT2D eigenvalue weighted by atomic mass is 31.2. The van der Waals surface area contributed by atoms with E-state index in [9.17, 15) is 19.5 Å². The van der Waals surface area contributed by atoms with Gasteiger partial charge in [-0.2, -0.15) is 4.52 Å². The Kier molecular flexibility index (Phi) is 5.56. The molecular formula is C9H13NO6P2. The molecule has 0 amide bonds. The van der Waals surface area contributed by atoms with Crippen molar-refractivity contribution in [2.75, 3.05) is 14.2 Å². The summed E-state index contributed by atoms with van der Waals surface area (Å²) in [5, 5.41) is 9.55. The van der Waals surface area contributed by atoms with Gasteiger partial charge in [0.25, 0.3) is 8.00 Å². The summed E-state index contributed by atoms with van der Waals surface area (Å²) in [6.45, 7) is 0. The van der Waals surface area contributed by atoms with Gasteiger partial charge in [-0.25, -0.2) is 4.98 Å². The van der Waals surface area contributed by atoms with Crippen LogP contribution in [0.5, 0.6) is 0 Å². The molecule has 1 aromatic rings. The van der Waals surface area contributed by atoms with Crippen molar-refractivity contribution < 1.29 is 28.5 Å². The van der Waals surface area contributed by atoms with E-state index in [4.69, 9.17) is 0 Å². The first-order chi connectivity index (χ1) is 8.39.